The number of nitrogens with zero attached hydrogens (tertiary/aromatic N) is 2. The van der Waals surface area contributed by atoms with E-state index in [4.69, 9.17) is 4.42 Å². The van der Waals surface area contributed by atoms with E-state index in [9.17, 15) is 4.79 Å². The summed E-state index contributed by atoms with van der Waals surface area (Å²) in [6.45, 7) is 0. The first-order chi connectivity index (χ1) is 13.1. The van der Waals surface area contributed by atoms with Crippen LogP contribution in [0.25, 0.3) is 22.6 Å². The summed E-state index contributed by atoms with van der Waals surface area (Å²) < 4.78 is 5.78. The SMILES string of the molecule is CN(C)c1cccc(C(=O)Nc2ccc(-c3nc4ccccc4o3)cc2)c1. The first kappa shape index (κ1) is 16.8. The van der Waals surface area contributed by atoms with Gasteiger partial charge in [0.25, 0.3) is 5.91 Å². The molecule has 0 saturated carbocycles. The molecule has 1 N–H and O–H groups in total. The van der Waals surface area contributed by atoms with Gasteiger partial charge in [-0.1, -0.05) is 18.2 Å². The number of para-hydroxylation sites is 2. The zero-order valence-corrected chi connectivity index (χ0v) is 15.1. The van der Waals surface area contributed by atoms with Gasteiger partial charge in [0.15, 0.2) is 5.58 Å². The summed E-state index contributed by atoms with van der Waals surface area (Å²) in [5.41, 5.74) is 4.75. The largest absolute Gasteiger partial charge is 0.436 e. The Morgan fingerprint density at radius 2 is 1.74 bits per heavy atom. The highest BCUT2D eigenvalue weighted by Crippen LogP contribution is 2.25. The molecule has 134 valence electrons. The van der Waals surface area contributed by atoms with Crippen LogP contribution in [0.1, 0.15) is 10.4 Å². The van der Waals surface area contributed by atoms with Crippen molar-refractivity contribution in [2.75, 3.05) is 24.3 Å². The molecule has 0 aliphatic rings. The molecule has 3 aromatic carbocycles. The highest BCUT2D eigenvalue weighted by atomic mass is 16.3. The molecule has 1 heterocycles. The minimum atomic E-state index is -0.145. The van der Waals surface area contributed by atoms with Gasteiger partial charge in [0, 0.05) is 36.6 Å². The van der Waals surface area contributed by atoms with Gasteiger partial charge in [0.1, 0.15) is 5.52 Å². The van der Waals surface area contributed by atoms with Crippen molar-refractivity contribution < 1.29 is 9.21 Å². The van der Waals surface area contributed by atoms with Gasteiger partial charge in [0.2, 0.25) is 5.89 Å². The number of carbonyl (C=O) groups is 1. The van der Waals surface area contributed by atoms with Gasteiger partial charge in [-0.3, -0.25) is 4.79 Å². The number of hydrogen-bond acceptors (Lipinski definition) is 4. The fraction of sp³-hybridized carbons (Fsp3) is 0.0909. The first-order valence-corrected chi connectivity index (χ1v) is 8.65. The maximum absolute atomic E-state index is 12.5. The Morgan fingerprint density at radius 3 is 2.48 bits per heavy atom. The number of carbonyl (C=O) groups excluding carboxylic acids is 1. The molecule has 0 fully saturated rings. The lowest BCUT2D eigenvalue weighted by molar-refractivity contribution is 0.102. The van der Waals surface area contributed by atoms with Gasteiger partial charge in [-0.15, -0.1) is 0 Å². The van der Waals surface area contributed by atoms with E-state index >= 15 is 0 Å². The minimum Gasteiger partial charge on any atom is -0.436 e. The Morgan fingerprint density at radius 1 is 0.963 bits per heavy atom. The van der Waals surface area contributed by atoms with Crippen molar-refractivity contribution in [2.24, 2.45) is 0 Å². The Hall–Kier alpha value is -3.60. The molecule has 4 aromatic rings. The topological polar surface area (TPSA) is 58.4 Å². The molecule has 0 bridgehead atoms. The molecule has 0 spiro atoms. The van der Waals surface area contributed by atoms with E-state index in [1.54, 1.807) is 6.07 Å². The predicted octanol–water partition coefficient (Wildman–Crippen LogP) is 4.81. The number of fused-ring (bicyclic) bond motifs is 1. The quantitative estimate of drug-likeness (QED) is 0.569. The van der Waals surface area contributed by atoms with Gasteiger partial charge in [0.05, 0.1) is 0 Å². The molecular formula is C22H19N3O2. The van der Waals surface area contributed by atoms with E-state index in [1.165, 1.54) is 0 Å². The minimum absolute atomic E-state index is 0.145. The molecule has 0 unspecified atom stereocenters. The standard InChI is InChI=1S/C22H19N3O2/c1-25(2)18-7-5-6-16(14-18)21(26)23-17-12-10-15(11-13-17)22-24-19-8-3-4-9-20(19)27-22/h3-14H,1-2H3,(H,23,26). The molecule has 0 atom stereocenters. The van der Waals surface area contributed by atoms with Crippen LogP contribution in [0.5, 0.6) is 0 Å². The fourth-order valence-electron chi connectivity index (χ4n) is 2.82. The molecule has 5 nitrogen and oxygen atoms in total. The molecule has 27 heavy (non-hydrogen) atoms. The van der Waals surface area contributed by atoms with Crippen LogP contribution in [-0.2, 0) is 0 Å². The predicted molar refractivity (Wildman–Crippen MR) is 108 cm³/mol. The molecule has 1 amide bonds. The number of aromatic nitrogens is 1. The fourth-order valence-corrected chi connectivity index (χ4v) is 2.82. The lowest BCUT2D eigenvalue weighted by Crippen LogP contribution is -2.14. The highest BCUT2D eigenvalue weighted by Gasteiger charge is 2.10. The molecule has 4 rings (SSSR count). The second-order valence-corrected chi connectivity index (χ2v) is 6.46. The van der Waals surface area contributed by atoms with E-state index in [0.717, 1.165) is 28.0 Å². The summed E-state index contributed by atoms with van der Waals surface area (Å²) in [5, 5.41) is 2.92. The van der Waals surface area contributed by atoms with Crippen molar-refractivity contribution >= 4 is 28.4 Å². The van der Waals surface area contributed by atoms with Gasteiger partial charge >= 0.3 is 0 Å². The van der Waals surface area contributed by atoms with Crippen LogP contribution < -0.4 is 10.2 Å². The number of rotatable bonds is 4. The van der Waals surface area contributed by atoms with Crippen LogP contribution in [0, 0.1) is 0 Å². The molecule has 5 heteroatoms. The lowest BCUT2D eigenvalue weighted by atomic mass is 10.1. The lowest BCUT2D eigenvalue weighted by Gasteiger charge is -2.13. The third kappa shape index (κ3) is 3.53. The number of anilines is 2. The summed E-state index contributed by atoms with van der Waals surface area (Å²) in [6, 6.07) is 22.6. The Balaban J connectivity index is 1.52. The number of amides is 1. The number of benzene rings is 3. The van der Waals surface area contributed by atoms with E-state index in [2.05, 4.69) is 10.3 Å². The Bertz CT molecular complexity index is 1060. The van der Waals surface area contributed by atoms with Gasteiger partial charge < -0.3 is 14.6 Å². The van der Waals surface area contributed by atoms with E-state index < -0.39 is 0 Å². The zero-order valence-electron chi connectivity index (χ0n) is 15.1. The van der Waals surface area contributed by atoms with Gasteiger partial charge in [-0.25, -0.2) is 4.98 Å². The van der Waals surface area contributed by atoms with Crippen LogP contribution in [0.3, 0.4) is 0 Å². The second-order valence-electron chi connectivity index (χ2n) is 6.46. The first-order valence-electron chi connectivity index (χ1n) is 8.65. The molecule has 0 aliphatic carbocycles. The van der Waals surface area contributed by atoms with Crippen molar-refractivity contribution in [3.63, 3.8) is 0 Å². The van der Waals surface area contributed by atoms with Crippen molar-refractivity contribution in [3.05, 3.63) is 78.4 Å². The van der Waals surface area contributed by atoms with Crippen LogP contribution in [0.15, 0.2) is 77.2 Å². The molecule has 0 saturated heterocycles. The summed E-state index contributed by atoms with van der Waals surface area (Å²) in [5.74, 6) is 0.418. The second kappa shape index (κ2) is 6.96. The summed E-state index contributed by atoms with van der Waals surface area (Å²) in [7, 11) is 3.89. The zero-order chi connectivity index (χ0) is 18.8. The number of oxazole rings is 1. The summed E-state index contributed by atoms with van der Waals surface area (Å²) in [6.07, 6.45) is 0. The maximum atomic E-state index is 12.5. The maximum Gasteiger partial charge on any atom is 0.255 e. The smallest absolute Gasteiger partial charge is 0.255 e. The van der Waals surface area contributed by atoms with Crippen molar-refractivity contribution in [3.8, 4) is 11.5 Å². The third-order valence-corrected chi connectivity index (χ3v) is 4.31. The van der Waals surface area contributed by atoms with Gasteiger partial charge in [-0.2, -0.15) is 0 Å². The van der Waals surface area contributed by atoms with E-state index in [1.807, 2.05) is 85.7 Å². The summed E-state index contributed by atoms with van der Waals surface area (Å²) in [4.78, 5) is 19.0. The van der Waals surface area contributed by atoms with Crippen LogP contribution >= 0.6 is 0 Å². The summed E-state index contributed by atoms with van der Waals surface area (Å²) >= 11 is 0. The van der Waals surface area contributed by atoms with Crippen molar-refractivity contribution in [1.82, 2.24) is 4.98 Å². The van der Waals surface area contributed by atoms with Crippen LogP contribution in [0.2, 0.25) is 0 Å². The monoisotopic (exact) mass is 357 g/mol. The Labute approximate surface area is 157 Å². The molecular weight excluding hydrogens is 338 g/mol. The molecule has 0 aliphatic heterocycles. The van der Waals surface area contributed by atoms with Gasteiger partial charge in [-0.05, 0) is 54.6 Å². The van der Waals surface area contributed by atoms with Crippen molar-refractivity contribution in [1.29, 1.82) is 0 Å². The molecule has 0 radical (unpaired) electrons. The molecule has 1 aromatic heterocycles. The highest BCUT2D eigenvalue weighted by molar-refractivity contribution is 6.04. The van der Waals surface area contributed by atoms with Crippen LogP contribution in [-0.4, -0.2) is 25.0 Å². The average Bonchev–Trinajstić information content (AvgIpc) is 3.13. The van der Waals surface area contributed by atoms with Crippen molar-refractivity contribution in [2.45, 2.75) is 0 Å². The third-order valence-electron chi connectivity index (χ3n) is 4.31. The normalized spacial score (nSPS) is 10.7. The van der Waals surface area contributed by atoms with Crippen LogP contribution in [0.4, 0.5) is 11.4 Å². The Kier molecular flexibility index (Phi) is 4.34. The average molecular weight is 357 g/mol. The number of nitrogens with one attached hydrogen (secondary N) is 1. The van der Waals surface area contributed by atoms with E-state index in [0.29, 0.717) is 11.5 Å². The number of hydrogen-bond donors (Lipinski definition) is 1. The van der Waals surface area contributed by atoms with E-state index in [-0.39, 0.29) is 5.91 Å².